The molecule has 350 valence electrons. The largest absolute Gasteiger partial charge is 0.489 e. The standard InChI is InChI=1S/C59H90O4/c1-15-44(2)24-16-25-45(3)26-17-31-48(6)34-21-37-51(9)40-41-52(10)38-22-35-49(7)32-19-29-46(4)27-18-28-47(5)30-20-33-50(8)36-23-39-53(11)42-43-55-54(12)56(60)58(62-13)59(63-14)57(55)61/h15,25,27,30-32,36-38,42H,16-24,26,28-29,33-35,39-41,43H2,1-14H3/b44-15+,45-25+,46-27+,47-30+,48-31+,49-32+,50-36+,51-37+,52-38-,53-42+. The Morgan fingerprint density at radius 3 is 0.873 bits per heavy atom. The number of carbonyl (C=O) groups excluding carboxylic acids is 2. The lowest BCUT2D eigenvalue weighted by Gasteiger charge is -2.19. The highest BCUT2D eigenvalue weighted by molar-refractivity contribution is 6.23. The van der Waals surface area contributed by atoms with Gasteiger partial charge in [0.15, 0.2) is 0 Å². The van der Waals surface area contributed by atoms with Crippen LogP contribution < -0.4 is 0 Å². The van der Waals surface area contributed by atoms with Gasteiger partial charge in [-0.05, 0) is 205 Å². The van der Waals surface area contributed by atoms with Crippen LogP contribution in [-0.4, -0.2) is 25.8 Å². The van der Waals surface area contributed by atoms with Crippen molar-refractivity contribution < 1.29 is 19.1 Å². The molecule has 1 aliphatic carbocycles. The van der Waals surface area contributed by atoms with E-state index in [1.54, 1.807) is 6.92 Å². The second-order valence-corrected chi connectivity index (χ2v) is 18.4. The summed E-state index contributed by atoms with van der Waals surface area (Å²) in [6.45, 7) is 26.3. The molecule has 0 unspecified atom stereocenters. The van der Waals surface area contributed by atoms with Crippen LogP contribution in [0.3, 0.4) is 0 Å². The van der Waals surface area contributed by atoms with E-state index in [-0.39, 0.29) is 23.1 Å². The fourth-order valence-electron chi connectivity index (χ4n) is 7.54. The van der Waals surface area contributed by atoms with E-state index in [1.165, 1.54) is 95.6 Å². The van der Waals surface area contributed by atoms with Crippen molar-refractivity contribution in [3.05, 3.63) is 139 Å². The highest BCUT2D eigenvalue weighted by atomic mass is 16.5. The summed E-state index contributed by atoms with van der Waals surface area (Å²) in [4.78, 5) is 25.5. The zero-order valence-electron chi connectivity index (χ0n) is 42.8. The summed E-state index contributed by atoms with van der Waals surface area (Å²) in [7, 11) is 2.78. The third-order valence-corrected chi connectivity index (χ3v) is 12.4. The molecule has 4 nitrogen and oxygen atoms in total. The Balaban J connectivity index is 2.31. The minimum absolute atomic E-state index is 0.00666. The van der Waals surface area contributed by atoms with E-state index in [4.69, 9.17) is 9.47 Å². The fraction of sp³-hybridized carbons (Fsp3) is 0.559. The van der Waals surface area contributed by atoms with Crippen LogP contribution in [0.5, 0.6) is 0 Å². The molecule has 0 saturated heterocycles. The van der Waals surface area contributed by atoms with Crippen molar-refractivity contribution in [2.75, 3.05) is 14.2 Å². The first kappa shape index (κ1) is 56.8. The average Bonchev–Trinajstić information content (AvgIpc) is 3.23. The third kappa shape index (κ3) is 25.6. The number of hydrogen-bond donors (Lipinski definition) is 0. The second-order valence-electron chi connectivity index (χ2n) is 18.4. The van der Waals surface area contributed by atoms with Gasteiger partial charge in [0.1, 0.15) is 0 Å². The summed E-state index contributed by atoms with van der Waals surface area (Å²) in [6, 6.07) is 0. The molecule has 1 aliphatic rings. The van der Waals surface area contributed by atoms with Gasteiger partial charge in [-0.15, -0.1) is 0 Å². The van der Waals surface area contributed by atoms with E-state index in [0.29, 0.717) is 17.6 Å². The van der Waals surface area contributed by atoms with Gasteiger partial charge in [0.05, 0.1) is 14.2 Å². The third-order valence-electron chi connectivity index (χ3n) is 12.4. The lowest BCUT2D eigenvalue weighted by atomic mass is 9.90. The van der Waals surface area contributed by atoms with Crippen LogP contribution in [0.2, 0.25) is 0 Å². The fourth-order valence-corrected chi connectivity index (χ4v) is 7.54. The van der Waals surface area contributed by atoms with Crippen molar-refractivity contribution >= 4 is 11.6 Å². The molecule has 0 radical (unpaired) electrons. The number of methoxy groups -OCH3 is 2. The van der Waals surface area contributed by atoms with Gasteiger partial charge in [-0.1, -0.05) is 116 Å². The zero-order valence-corrected chi connectivity index (χ0v) is 42.8. The second kappa shape index (κ2) is 33.3. The van der Waals surface area contributed by atoms with Gasteiger partial charge < -0.3 is 9.47 Å². The highest BCUT2D eigenvalue weighted by Crippen LogP contribution is 2.28. The summed E-state index contributed by atoms with van der Waals surface area (Å²) in [5.74, 6) is -0.572. The summed E-state index contributed by atoms with van der Waals surface area (Å²) in [5, 5.41) is 0. The predicted molar refractivity (Wildman–Crippen MR) is 275 cm³/mol. The molecule has 1 rings (SSSR count). The molecule has 0 heterocycles. The minimum Gasteiger partial charge on any atom is -0.489 e. The maximum atomic E-state index is 12.9. The van der Waals surface area contributed by atoms with Gasteiger partial charge in [0.25, 0.3) is 0 Å². The number of hydrogen-bond acceptors (Lipinski definition) is 4. The Morgan fingerprint density at radius 2 is 0.603 bits per heavy atom. The number of Topliss-reactive ketones (excluding diaryl/α,β-unsaturated/α-hetero) is 2. The molecule has 0 atom stereocenters. The van der Waals surface area contributed by atoms with Crippen molar-refractivity contribution in [3.8, 4) is 0 Å². The molecule has 0 fully saturated rings. The number of allylic oxidation sites excluding steroid dienone is 22. The van der Waals surface area contributed by atoms with Crippen molar-refractivity contribution in [2.24, 2.45) is 0 Å². The number of carbonyl (C=O) groups is 2. The SMILES string of the molecule is C/C=C(\C)CC/C=C(\C)CC/C=C(\C)CC/C=C(\C)CC/C(C)=C\CC/C(C)=C/CC/C(C)=C/CC/C(C)=C/CC/C(C)=C/CC/C(C)=C/CC1=C(C)C(=O)C(OC)=C(OC)C1=O. The smallest absolute Gasteiger partial charge is 0.228 e. The Bertz CT molecular complexity index is 1850. The molecule has 63 heavy (non-hydrogen) atoms. The summed E-state index contributed by atoms with van der Waals surface area (Å²) >= 11 is 0. The van der Waals surface area contributed by atoms with Crippen molar-refractivity contribution in [1.82, 2.24) is 0 Å². The highest BCUT2D eigenvalue weighted by Gasteiger charge is 2.34. The van der Waals surface area contributed by atoms with Gasteiger partial charge in [-0.25, -0.2) is 0 Å². The summed E-state index contributed by atoms with van der Waals surface area (Å²) in [6.07, 6.45) is 44.2. The zero-order chi connectivity index (χ0) is 47.2. The van der Waals surface area contributed by atoms with E-state index in [9.17, 15) is 9.59 Å². The van der Waals surface area contributed by atoms with Crippen LogP contribution in [0.1, 0.15) is 205 Å². The van der Waals surface area contributed by atoms with Crippen molar-refractivity contribution in [3.63, 3.8) is 0 Å². The Labute approximate surface area is 387 Å². The number of rotatable bonds is 31. The molecule has 0 aromatic carbocycles. The molecule has 0 aromatic rings. The van der Waals surface area contributed by atoms with E-state index in [0.717, 1.165) is 89.9 Å². The van der Waals surface area contributed by atoms with Gasteiger partial charge in [0, 0.05) is 11.1 Å². The van der Waals surface area contributed by atoms with Crippen molar-refractivity contribution in [2.45, 2.75) is 205 Å². The Morgan fingerprint density at radius 1 is 0.365 bits per heavy atom. The number of ketones is 2. The van der Waals surface area contributed by atoms with E-state index >= 15 is 0 Å². The molecule has 0 bridgehead atoms. The molecule has 0 aromatic heterocycles. The first-order valence-corrected chi connectivity index (χ1v) is 24.2. The molecule has 0 saturated carbocycles. The molecule has 0 amide bonds. The van der Waals surface area contributed by atoms with Crippen LogP contribution in [-0.2, 0) is 19.1 Å². The lowest BCUT2D eigenvalue weighted by molar-refractivity contribution is -0.121. The maximum Gasteiger partial charge on any atom is 0.228 e. The first-order valence-electron chi connectivity index (χ1n) is 24.2. The Kier molecular flexibility index (Phi) is 30.1. The van der Waals surface area contributed by atoms with Gasteiger partial charge in [0.2, 0.25) is 23.1 Å². The summed E-state index contributed by atoms with van der Waals surface area (Å²) < 4.78 is 10.3. The molecular formula is C59H90O4. The van der Waals surface area contributed by atoms with Crippen LogP contribution in [0, 0.1) is 0 Å². The van der Waals surface area contributed by atoms with Gasteiger partial charge in [-0.3, -0.25) is 9.59 Å². The van der Waals surface area contributed by atoms with Crippen LogP contribution in [0.4, 0.5) is 0 Å². The predicted octanol–water partition coefficient (Wildman–Crippen LogP) is 17.9. The van der Waals surface area contributed by atoms with Crippen LogP contribution in [0.15, 0.2) is 139 Å². The molecule has 0 N–H and O–H groups in total. The number of ether oxygens (including phenoxy) is 2. The topological polar surface area (TPSA) is 52.6 Å². The Hall–Kier alpha value is -4.18. The maximum absolute atomic E-state index is 12.9. The molecule has 0 spiro atoms. The van der Waals surface area contributed by atoms with E-state index in [1.807, 2.05) is 0 Å². The van der Waals surface area contributed by atoms with Crippen LogP contribution in [0.25, 0.3) is 0 Å². The molecule has 4 heteroatoms. The summed E-state index contributed by atoms with van der Waals surface area (Å²) in [5.41, 5.74) is 15.5. The molecular weight excluding hydrogens is 773 g/mol. The van der Waals surface area contributed by atoms with Crippen molar-refractivity contribution in [1.29, 1.82) is 0 Å². The minimum atomic E-state index is -0.284. The first-order chi connectivity index (χ1) is 30.0. The van der Waals surface area contributed by atoms with Crippen LogP contribution >= 0.6 is 0 Å². The normalized spacial score (nSPS) is 16.3. The lowest BCUT2D eigenvalue weighted by Crippen LogP contribution is -2.24. The quantitative estimate of drug-likeness (QED) is 0.0515. The van der Waals surface area contributed by atoms with Gasteiger partial charge in [-0.2, -0.15) is 0 Å². The van der Waals surface area contributed by atoms with E-state index in [2.05, 4.69) is 137 Å². The van der Waals surface area contributed by atoms with E-state index < -0.39 is 0 Å². The molecule has 0 aliphatic heterocycles. The monoisotopic (exact) mass is 863 g/mol. The van der Waals surface area contributed by atoms with Gasteiger partial charge >= 0.3 is 0 Å². The average molecular weight is 863 g/mol.